The maximum atomic E-state index is 12.9. The summed E-state index contributed by atoms with van der Waals surface area (Å²) in [6.07, 6.45) is 6.13. The van der Waals surface area contributed by atoms with Gasteiger partial charge in [-0.25, -0.2) is 0 Å². The van der Waals surface area contributed by atoms with Gasteiger partial charge < -0.3 is 14.7 Å². The Bertz CT molecular complexity index is 681. The minimum atomic E-state index is 0.110. The number of rotatable bonds is 5. The number of amides is 2. The zero-order chi connectivity index (χ0) is 19.4. The smallest absolute Gasteiger partial charge is 0.253 e. The average molecular weight is 373 g/mol. The second-order valence-electron chi connectivity index (χ2n) is 8.30. The Kier molecular flexibility index (Phi) is 6.15. The van der Waals surface area contributed by atoms with E-state index in [1.165, 1.54) is 0 Å². The minimum Gasteiger partial charge on any atom is -0.341 e. The molecule has 0 aliphatic carbocycles. The molecule has 6 heteroatoms. The van der Waals surface area contributed by atoms with E-state index in [-0.39, 0.29) is 17.2 Å². The zero-order valence-electron chi connectivity index (χ0n) is 16.9. The molecule has 2 fully saturated rings. The topological polar surface area (TPSA) is 56.8 Å². The number of carbonyl (C=O) groups excluding carboxylic acids is 2. The molecule has 0 radical (unpaired) electrons. The molecule has 148 valence electrons. The molecule has 2 aliphatic heterocycles. The molecular weight excluding hydrogens is 340 g/mol. The Balaban J connectivity index is 1.60. The SMILES string of the molecule is CCc1cc(C(=O)N2CCC3(CCC(=O)N(CCN(C)C)C3)CC2)ccn1. The summed E-state index contributed by atoms with van der Waals surface area (Å²) >= 11 is 0. The molecule has 2 amide bonds. The van der Waals surface area contributed by atoms with Crippen molar-refractivity contribution in [3.05, 3.63) is 29.6 Å². The van der Waals surface area contributed by atoms with Gasteiger partial charge >= 0.3 is 0 Å². The van der Waals surface area contributed by atoms with Crippen LogP contribution in [-0.2, 0) is 11.2 Å². The predicted octanol–water partition coefficient (Wildman–Crippen LogP) is 2.05. The van der Waals surface area contributed by atoms with Gasteiger partial charge in [0.05, 0.1) is 0 Å². The Morgan fingerprint density at radius 3 is 2.67 bits per heavy atom. The van der Waals surface area contributed by atoms with Gasteiger partial charge in [0.25, 0.3) is 5.91 Å². The number of likely N-dealkylation sites (N-methyl/N-ethyl adjacent to an activating group) is 1. The molecule has 3 heterocycles. The Labute approximate surface area is 162 Å². The third-order valence-corrected chi connectivity index (χ3v) is 6.10. The summed E-state index contributed by atoms with van der Waals surface area (Å²) < 4.78 is 0. The van der Waals surface area contributed by atoms with Gasteiger partial charge in [-0.1, -0.05) is 6.92 Å². The minimum absolute atomic E-state index is 0.110. The summed E-state index contributed by atoms with van der Waals surface area (Å²) in [4.78, 5) is 35.6. The summed E-state index contributed by atoms with van der Waals surface area (Å²) in [5.41, 5.74) is 1.88. The fraction of sp³-hybridized carbons (Fsp3) is 0.667. The van der Waals surface area contributed by atoms with Crippen LogP contribution in [0.4, 0.5) is 0 Å². The van der Waals surface area contributed by atoms with Crippen molar-refractivity contribution in [2.45, 2.75) is 39.0 Å². The Morgan fingerprint density at radius 1 is 1.26 bits per heavy atom. The maximum absolute atomic E-state index is 12.9. The number of piperidine rings is 2. The van der Waals surface area contributed by atoms with Gasteiger partial charge in [0.1, 0.15) is 0 Å². The molecule has 1 aromatic heterocycles. The van der Waals surface area contributed by atoms with Gasteiger partial charge in [0.15, 0.2) is 0 Å². The van der Waals surface area contributed by atoms with Crippen molar-refractivity contribution in [2.75, 3.05) is 46.8 Å². The van der Waals surface area contributed by atoms with Gasteiger partial charge in [-0.2, -0.15) is 0 Å². The average Bonchev–Trinajstić information content (AvgIpc) is 2.69. The van der Waals surface area contributed by atoms with Crippen molar-refractivity contribution in [1.82, 2.24) is 19.7 Å². The van der Waals surface area contributed by atoms with E-state index >= 15 is 0 Å². The number of likely N-dealkylation sites (tertiary alicyclic amines) is 2. The monoisotopic (exact) mass is 372 g/mol. The quantitative estimate of drug-likeness (QED) is 0.794. The van der Waals surface area contributed by atoms with E-state index in [9.17, 15) is 9.59 Å². The van der Waals surface area contributed by atoms with Crippen molar-refractivity contribution < 1.29 is 9.59 Å². The summed E-state index contributed by atoms with van der Waals surface area (Å²) in [6.45, 7) is 6.14. The molecule has 2 saturated heterocycles. The number of carbonyl (C=O) groups is 2. The lowest BCUT2D eigenvalue weighted by Crippen LogP contribution is -2.53. The van der Waals surface area contributed by atoms with Crippen LogP contribution in [0.1, 0.15) is 48.7 Å². The maximum Gasteiger partial charge on any atom is 0.253 e. The Morgan fingerprint density at radius 2 is 2.00 bits per heavy atom. The first-order valence-electron chi connectivity index (χ1n) is 10.1. The van der Waals surface area contributed by atoms with Crippen molar-refractivity contribution >= 4 is 11.8 Å². The van der Waals surface area contributed by atoms with Gasteiger partial charge in [-0.15, -0.1) is 0 Å². The third kappa shape index (κ3) is 4.67. The summed E-state index contributed by atoms with van der Waals surface area (Å²) in [5.74, 6) is 0.392. The molecule has 0 unspecified atom stereocenters. The summed E-state index contributed by atoms with van der Waals surface area (Å²) in [6, 6.07) is 3.73. The number of nitrogens with zero attached hydrogens (tertiary/aromatic N) is 4. The molecule has 0 aromatic carbocycles. The molecule has 1 spiro atoms. The summed E-state index contributed by atoms with van der Waals surface area (Å²) in [7, 11) is 4.08. The normalized spacial score (nSPS) is 19.8. The molecule has 1 aromatic rings. The highest BCUT2D eigenvalue weighted by Crippen LogP contribution is 2.40. The van der Waals surface area contributed by atoms with E-state index in [2.05, 4.69) is 9.88 Å². The van der Waals surface area contributed by atoms with Crippen molar-refractivity contribution in [3.63, 3.8) is 0 Å². The van der Waals surface area contributed by atoms with E-state index in [1.807, 2.05) is 43.0 Å². The predicted molar refractivity (Wildman–Crippen MR) is 106 cm³/mol. The fourth-order valence-electron chi connectivity index (χ4n) is 4.21. The molecule has 0 bridgehead atoms. The number of hydrogen-bond acceptors (Lipinski definition) is 4. The molecule has 6 nitrogen and oxygen atoms in total. The molecule has 27 heavy (non-hydrogen) atoms. The van der Waals surface area contributed by atoms with E-state index in [4.69, 9.17) is 0 Å². The van der Waals surface area contributed by atoms with Crippen molar-refractivity contribution in [1.29, 1.82) is 0 Å². The lowest BCUT2D eigenvalue weighted by Gasteiger charge is -2.47. The second-order valence-corrected chi connectivity index (χ2v) is 8.30. The van der Waals surface area contributed by atoms with Gasteiger partial charge in [-0.3, -0.25) is 14.6 Å². The van der Waals surface area contributed by atoms with Crippen LogP contribution in [0.2, 0.25) is 0 Å². The highest BCUT2D eigenvalue weighted by Gasteiger charge is 2.41. The molecule has 0 saturated carbocycles. The van der Waals surface area contributed by atoms with Gasteiger partial charge in [0.2, 0.25) is 5.91 Å². The lowest BCUT2D eigenvalue weighted by atomic mass is 9.72. The molecule has 0 atom stereocenters. The zero-order valence-corrected chi connectivity index (χ0v) is 16.9. The van der Waals surface area contributed by atoms with Crippen LogP contribution < -0.4 is 0 Å². The van der Waals surface area contributed by atoms with E-state index < -0.39 is 0 Å². The second kappa shape index (κ2) is 8.38. The first kappa shape index (κ1) is 19.8. The summed E-state index contributed by atoms with van der Waals surface area (Å²) in [5, 5.41) is 0. The van der Waals surface area contributed by atoms with Gasteiger partial charge in [-0.05, 0) is 57.3 Å². The van der Waals surface area contributed by atoms with Crippen LogP contribution in [0.3, 0.4) is 0 Å². The largest absolute Gasteiger partial charge is 0.341 e. The molecular formula is C21H32N4O2. The first-order chi connectivity index (χ1) is 12.9. The van der Waals surface area contributed by atoms with Crippen LogP contribution in [0.5, 0.6) is 0 Å². The number of hydrogen-bond donors (Lipinski definition) is 0. The Hall–Kier alpha value is -1.95. The standard InChI is InChI=1S/C21H32N4O2/c1-4-18-15-17(6-10-22-18)20(27)24-11-8-21(9-12-24)7-5-19(26)25(16-21)14-13-23(2)3/h6,10,15H,4-5,7-9,11-14,16H2,1-3H3. The van der Waals surface area contributed by atoms with Crippen LogP contribution >= 0.6 is 0 Å². The van der Waals surface area contributed by atoms with Crippen LogP contribution in [0.25, 0.3) is 0 Å². The molecule has 2 aliphatic rings. The lowest BCUT2D eigenvalue weighted by molar-refractivity contribution is -0.139. The van der Waals surface area contributed by atoms with Crippen molar-refractivity contribution in [3.8, 4) is 0 Å². The van der Waals surface area contributed by atoms with Crippen LogP contribution in [0, 0.1) is 5.41 Å². The molecule has 3 rings (SSSR count). The molecule has 0 N–H and O–H groups in total. The fourth-order valence-corrected chi connectivity index (χ4v) is 4.21. The number of aromatic nitrogens is 1. The van der Waals surface area contributed by atoms with Crippen LogP contribution in [0.15, 0.2) is 18.3 Å². The first-order valence-corrected chi connectivity index (χ1v) is 10.1. The highest BCUT2D eigenvalue weighted by atomic mass is 16.2. The van der Waals surface area contributed by atoms with E-state index in [0.717, 1.165) is 69.7 Å². The van der Waals surface area contributed by atoms with Gasteiger partial charge in [0, 0.05) is 56.6 Å². The number of aryl methyl sites for hydroxylation is 1. The number of pyridine rings is 1. The van der Waals surface area contributed by atoms with E-state index in [0.29, 0.717) is 6.42 Å². The van der Waals surface area contributed by atoms with Crippen LogP contribution in [-0.4, -0.2) is 78.3 Å². The third-order valence-electron chi connectivity index (χ3n) is 6.10. The highest BCUT2D eigenvalue weighted by molar-refractivity contribution is 5.94. The van der Waals surface area contributed by atoms with E-state index in [1.54, 1.807) is 6.20 Å². The van der Waals surface area contributed by atoms with Crippen molar-refractivity contribution in [2.24, 2.45) is 5.41 Å².